The monoisotopic (exact) mass is 240 g/mol. The Morgan fingerprint density at radius 2 is 2.41 bits per heavy atom. The Balaban J connectivity index is 2.31. The third-order valence-corrected chi connectivity index (χ3v) is 2.90. The Labute approximate surface area is 104 Å². The lowest BCUT2D eigenvalue weighted by Crippen LogP contribution is -2.53. The lowest BCUT2D eigenvalue weighted by Gasteiger charge is -2.41. The van der Waals surface area contributed by atoms with Gasteiger partial charge in [0.25, 0.3) is 0 Å². The zero-order valence-corrected chi connectivity index (χ0v) is 10.9. The van der Waals surface area contributed by atoms with E-state index in [1.165, 1.54) is 0 Å². The minimum atomic E-state index is 0.0943. The second-order valence-electron chi connectivity index (χ2n) is 4.79. The maximum absolute atomic E-state index is 5.69. The zero-order valence-electron chi connectivity index (χ0n) is 10.9. The van der Waals surface area contributed by atoms with E-state index in [9.17, 15) is 0 Å². The van der Waals surface area contributed by atoms with E-state index in [4.69, 9.17) is 10.5 Å². The van der Waals surface area contributed by atoms with E-state index < -0.39 is 0 Å². The van der Waals surface area contributed by atoms with Gasteiger partial charge in [-0.05, 0) is 13.8 Å². The number of rotatable bonds is 5. The third kappa shape index (κ3) is 4.75. The molecule has 1 rings (SSSR count). The summed E-state index contributed by atoms with van der Waals surface area (Å²) in [6.45, 7) is 12.8. The van der Waals surface area contributed by atoms with Crippen molar-refractivity contribution in [2.75, 3.05) is 39.4 Å². The largest absolute Gasteiger partial charge is 0.378 e. The summed E-state index contributed by atoms with van der Waals surface area (Å²) in [6, 6.07) is 0. The number of guanidine groups is 1. The molecule has 98 valence electrons. The van der Waals surface area contributed by atoms with E-state index >= 15 is 0 Å². The first kappa shape index (κ1) is 14.0. The summed E-state index contributed by atoms with van der Waals surface area (Å²) in [7, 11) is 0. The first-order chi connectivity index (χ1) is 8.06. The van der Waals surface area contributed by atoms with Gasteiger partial charge in [0.05, 0.1) is 19.8 Å². The van der Waals surface area contributed by atoms with Crippen LogP contribution in [-0.4, -0.2) is 55.8 Å². The van der Waals surface area contributed by atoms with E-state index in [2.05, 4.69) is 35.6 Å². The van der Waals surface area contributed by atoms with Gasteiger partial charge < -0.3 is 15.8 Å². The van der Waals surface area contributed by atoms with Crippen LogP contribution in [0, 0.1) is 0 Å². The zero-order chi connectivity index (χ0) is 12.7. The first-order valence-corrected chi connectivity index (χ1v) is 6.04. The van der Waals surface area contributed by atoms with E-state index in [-0.39, 0.29) is 5.54 Å². The number of nitrogens with one attached hydrogen (secondary N) is 1. The van der Waals surface area contributed by atoms with Crippen LogP contribution in [-0.2, 0) is 4.74 Å². The highest BCUT2D eigenvalue weighted by Gasteiger charge is 2.29. The molecule has 0 amide bonds. The molecule has 1 aliphatic rings. The van der Waals surface area contributed by atoms with E-state index in [1.54, 1.807) is 6.08 Å². The topological polar surface area (TPSA) is 62.9 Å². The van der Waals surface area contributed by atoms with Crippen molar-refractivity contribution in [1.82, 2.24) is 10.2 Å². The molecule has 1 aliphatic heterocycles. The molecule has 1 heterocycles. The molecule has 17 heavy (non-hydrogen) atoms. The van der Waals surface area contributed by atoms with Gasteiger partial charge in [0.15, 0.2) is 5.96 Å². The number of hydrogen-bond acceptors (Lipinski definition) is 3. The molecular weight excluding hydrogens is 216 g/mol. The molecule has 0 aromatic carbocycles. The molecule has 0 unspecified atom stereocenters. The van der Waals surface area contributed by atoms with Crippen molar-refractivity contribution in [3.8, 4) is 0 Å². The molecule has 1 saturated heterocycles. The molecule has 0 aromatic rings. The van der Waals surface area contributed by atoms with Crippen molar-refractivity contribution >= 4 is 5.96 Å². The third-order valence-electron chi connectivity index (χ3n) is 2.90. The predicted octanol–water partition coefficient (Wildman–Crippen LogP) is 0.188. The van der Waals surface area contributed by atoms with Gasteiger partial charge in [0, 0.05) is 25.2 Å². The molecule has 5 heteroatoms. The summed E-state index contributed by atoms with van der Waals surface area (Å²) in [5.74, 6) is 0.482. The fourth-order valence-electron chi connectivity index (χ4n) is 1.83. The quantitative estimate of drug-likeness (QED) is 0.409. The van der Waals surface area contributed by atoms with Crippen LogP contribution in [0.25, 0.3) is 0 Å². The molecule has 0 aliphatic carbocycles. The van der Waals surface area contributed by atoms with Crippen molar-refractivity contribution in [1.29, 1.82) is 0 Å². The van der Waals surface area contributed by atoms with Gasteiger partial charge in [-0.2, -0.15) is 0 Å². The Morgan fingerprint density at radius 3 is 3.06 bits per heavy atom. The van der Waals surface area contributed by atoms with Gasteiger partial charge in [0.2, 0.25) is 0 Å². The maximum atomic E-state index is 5.69. The van der Waals surface area contributed by atoms with E-state index in [0.717, 1.165) is 26.3 Å². The first-order valence-electron chi connectivity index (χ1n) is 6.04. The Bertz CT molecular complexity index is 276. The molecule has 3 N–H and O–H groups in total. The van der Waals surface area contributed by atoms with Crippen molar-refractivity contribution in [2.24, 2.45) is 10.7 Å². The Kier molecular flexibility index (Phi) is 5.44. The number of aliphatic imine (C=N–C) groups is 1. The summed E-state index contributed by atoms with van der Waals surface area (Å²) in [5, 5.41) is 2.96. The van der Waals surface area contributed by atoms with Crippen molar-refractivity contribution < 1.29 is 4.74 Å². The van der Waals surface area contributed by atoms with Gasteiger partial charge >= 0.3 is 0 Å². The average molecular weight is 240 g/mol. The molecule has 0 radical (unpaired) electrons. The molecule has 0 bridgehead atoms. The van der Waals surface area contributed by atoms with Gasteiger partial charge in [-0.15, -0.1) is 6.58 Å². The maximum Gasteiger partial charge on any atom is 0.188 e. The van der Waals surface area contributed by atoms with Crippen LogP contribution in [0.5, 0.6) is 0 Å². The summed E-state index contributed by atoms with van der Waals surface area (Å²) < 4.78 is 5.47. The van der Waals surface area contributed by atoms with Gasteiger partial charge in [0.1, 0.15) is 0 Å². The highest BCUT2D eigenvalue weighted by atomic mass is 16.5. The van der Waals surface area contributed by atoms with Crippen LogP contribution in [0.1, 0.15) is 13.8 Å². The Hall–Kier alpha value is -1.07. The normalized spacial score (nSPS) is 21.2. The lowest BCUT2D eigenvalue weighted by atomic mass is 10.0. The standard InChI is InChI=1S/C12H24N4O/c1-4-5-14-11(13)15-6-7-16-8-9-17-10-12(16,2)3/h4H,1,5-10H2,2-3H3,(H3,13,14,15). The molecule has 0 saturated carbocycles. The fraction of sp³-hybridized carbons (Fsp3) is 0.750. The van der Waals surface area contributed by atoms with E-state index in [1.807, 2.05) is 0 Å². The second kappa shape index (κ2) is 6.61. The molecule has 1 fully saturated rings. The smallest absolute Gasteiger partial charge is 0.188 e. The van der Waals surface area contributed by atoms with Crippen LogP contribution in [0.3, 0.4) is 0 Å². The number of ether oxygens (including phenoxy) is 1. The number of hydrogen-bond donors (Lipinski definition) is 2. The van der Waals surface area contributed by atoms with Crippen molar-refractivity contribution in [2.45, 2.75) is 19.4 Å². The Morgan fingerprint density at radius 1 is 1.65 bits per heavy atom. The number of morpholine rings is 1. The minimum absolute atomic E-state index is 0.0943. The average Bonchev–Trinajstić information content (AvgIpc) is 2.28. The molecule has 0 atom stereocenters. The van der Waals surface area contributed by atoms with Crippen LogP contribution in [0.2, 0.25) is 0 Å². The summed E-state index contributed by atoms with van der Waals surface area (Å²) in [5.41, 5.74) is 5.79. The highest BCUT2D eigenvalue weighted by molar-refractivity contribution is 5.77. The number of nitrogens with two attached hydrogens (primary N) is 1. The summed E-state index contributed by atoms with van der Waals surface area (Å²) >= 11 is 0. The predicted molar refractivity (Wildman–Crippen MR) is 71.2 cm³/mol. The molecule has 0 aromatic heterocycles. The lowest BCUT2D eigenvalue weighted by molar-refractivity contribution is -0.0491. The fourth-order valence-corrected chi connectivity index (χ4v) is 1.83. The minimum Gasteiger partial charge on any atom is -0.378 e. The second-order valence-corrected chi connectivity index (χ2v) is 4.79. The van der Waals surface area contributed by atoms with Crippen LogP contribution >= 0.6 is 0 Å². The highest BCUT2D eigenvalue weighted by Crippen LogP contribution is 2.17. The summed E-state index contributed by atoms with van der Waals surface area (Å²) in [6.07, 6.45) is 1.76. The molecule has 0 spiro atoms. The van der Waals surface area contributed by atoms with Crippen molar-refractivity contribution in [3.05, 3.63) is 12.7 Å². The van der Waals surface area contributed by atoms with Crippen LogP contribution in [0.15, 0.2) is 17.6 Å². The summed E-state index contributed by atoms with van der Waals surface area (Å²) in [4.78, 5) is 6.66. The molecular formula is C12H24N4O. The van der Waals surface area contributed by atoms with Crippen LogP contribution < -0.4 is 11.1 Å². The van der Waals surface area contributed by atoms with E-state index in [0.29, 0.717) is 19.0 Å². The van der Waals surface area contributed by atoms with Gasteiger partial charge in [-0.25, -0.2) is 0 Å². The van der Waals surface area contributed by atoms with Gasteiger partial charge in [-0.1, -0.05) is 6.08 Å². The SMILES string of the molecule is C=CCNC(N)=NCCN1CCOCC1(C)C. The van der Waals surface area contributed by atoms with Crippen molar-refractivity contribution in [3.63, 3.8) is 0 Å². The van der Waals surface area contributed by atoms with Crippen LogP contribution in [0.4, 0.5) is 0 Å². The van der Waals surface area contributed by atoms with Gasteiger partial charge in [-0.3, -0.25) is 9.89 Å². The number of nitrogens with zero attached hydrogens (tertiary/aromatic N) is 2. The molecule has 5 nitrogen and oxygen atoms in total.